The fraction of sp³-hybridized carbons (Fsp3) is 0.231. The van der Waals surface area contributed by atoms with Gasteiger partial charge in [-0.05, 0) is 19.1 Å². The molecule has 1 heterocycles. The molecule has 19 heavy (non-hydrogen) atoms. The summed E-state index contributed by atoms with van der Waals surface area (Å²) >= 11 is 0. The summed E-state index contributed by atoms with van der Waals surface area (Å²) in [7, 11) is -2.11. The largest absolute Gasteiger partial charge is 0.464 e. The van der Waals surface area contributed by atoms with Crippen LogP contribution in [-0.2, 0) is 16.6 Å². The number of aryl methyl sites for hydroxylation is 1. The van der Waals surface area contributed by atoms with Crippen LogP contribution >= 0.6 is 0 Å². The van der Waals surface area contributed by atoms with Crippen molar-refractivity contribution in [3.05, 3.63) is 47.9 Å². The molecule has 0 atom stereocenters. The van der Waals surface area contributed by atoms with E-state index in [0.29, 0.717) is 17.2 Å². The van der Waals surface area contributed by atoms with Crippen molar-refractivity contribution in [2.45, 2.75) is 18.4 Å². The lowest BCUT2D eigenvalue weighted by atomic mass is 10.3. The van der Waals surface area contributed by atoms with Crippen LogP contribution in [0.1, 0.15) is 11.5 Å². The lowest BCUT2D eigenvalue weighted by Gasteiger charge is -2.18. The highest BCUT2D eigenvalue weighted by Crippen LogP contribution is 2.26. The molecule has 2 aromatic rings. The Morgan fingerprint density at radius 3 is 2.42 bits per heavy atom. The molecule has 0 unspecified atom stereocenters. The quantitative estimate of drug-likeness (QED) is 0.927. The molecular formula is C13H16N2O3S. The van der Waals surface area contributed by atoms with Crippen molar-refractivity contribution in [3.8, 4) is 0 Å². The van der Waals surface area contributed by atoms with Crippen LogP contribution in [0.3, 0.4) is 0 Å². The standard InChI is InChI=1S/C13H16N2O3S/c1-10-13(8-12(9-14)18-10)19(16,17)15(2)11-6-4-3-5-7-11/h3-8H,9,14H2,1-2H3. The maximum absolute atomic E-state index is 12.5. The van der Waals surface area contributed by atoms with Crippen molar-refractivity contribution >= 4 is 15.7 Å². The topological polar surface area (TPSA) is 76.5 Å². The molecule has 0 aliphatic carbocycles. The zero-order valence-corrected chi connectivity index (χ0v) is 11.6. The minimum absolute atomic E-state index is 0.152. The van der Waals surface area contributed by atoms with Crippen LogP contribution in [-0.4, -0.2) is 15.5 Å². The predicted octanol–water partition coefficient (Wildman–Crippen LogP) is 1.87. The van der Waals surface area contributed by atoms with Gasteiger partial charge < -0.3 is 10.2 Å². The highest BCUT2D eigenvalue weighted by molar-refractivity contribution is 7.92. The number of furan rings is 1. The van der Waals surface area contributed by atoms with E-state index in [1.54, 1.807) is 31.2 Å². The minimum Gasteiger partial charge on any atom is -0.464 e. The number of hydrogen-bond donors (Lipinski definition) is 1. The fourth-order valence-electron chi connectivity index (χ4n) is 1.81. The molecule has 2 rings (SSSR count). The van der Waals surface area contributed by atoms with E-state index in [9.17, 15) is 8.42 Å². The van der Waals surface area contributed by atoms with Crippen LogP contribution in [0.5, 0.6) is 0 Å². The SMILES string of the molecule is Cc1oc(CN)cc1S(=O)(=O)N(C)c1ccccc1. The van der Waals surface area contributed by atoms with Crippen molar-refractivity contribution < 1.29 is 12.8 Å². The number of nitrogens with zero attached hydrogens (tertiary/aromatic N) is 1. The first-order chi connectivity index (χ1) is 8.96. The van der Waals surface area contributed by atoms with Crippen molar-refractivity contribution in [2.75, 3.05) is 11.4 Å². The van der Waals surface area contributed by atoms with Gasteiger partial charge in [0.2, 0.25) is 0 Å². The van der Waals surface area contributed by atoms with Crippen molar-refractivity contribution in [1.82, 2.24) is 0 Å². The molecular weight excluding hydrogens is 264 g/mol. The second kappa shape index (κ2) is 5.07. The van der Waals surface area contributed by atoms with Crippen LogP contribution < -0.4 is 10.0 Å². The lowest BCUT2D eigenvalue weighted by molar-refractivity contribution is 0.479. The Morgan fingerprint density at radius 2 is 1.89 bits per heavy atom. The zero-order chi connectivity index (χ0) is 14.0. The van der Waals surface area contributed by atoms with Gasteiger partial charge in [-0.25, -0.2) is 8.42 Å². The van der Waals surface area contributed by atoms with Crippen LogP contribution in [0.4, 0.5) is 5.69 Å². The number of rotatable bonds is 4. The highest BCUT2D eigenvalue weighted by Gasteiger charge is 2.26. The summed E-state index contributed by atoms with van der Waals surface area (Å²) in [5.41, 5.74) is 6.06. The second-order valence-corrected chi connectivity index (χ2v) is 6.08. The molecule has 5 nitrogen and oxygen atoms in total. The number of hydrogen-bond acceptors (Lipinski definition) is 4. The number of sulfonamides is 1. The number of nitrogens with two attached hydrogens (primary N) is 1. The molecule has 0 spiro atoms. The van der Waals surface area contributed by atoms with E-state index in [-0.39, 0.29) is 11.4 Å². The molecule has 2 N–H and O–H groups in total. The van der Waals surface area contributed by atoms with Gasteiger partial charge in [-0.1, -0.05) is 18.2 Å². The van der Waals surface area contributed by atoms with Gasteiger partial charge in [0.25, 0.3) is 10.0 Å². The molecule has 1 aromatic carbocycles. The summed E-state index contributed by atoms with van der Waals surface area (Å²) in [5.74, 6) is 0.806. The van der Waals surface area contributed by atoms with E-state index in [2.05, 4.69) is 0 Å². The fourth-order valence-corrected chi connectivity index (χ4v) is 3.18. The molecule has 0 bridgehead atoms. The molecule has 0 aliphatic heterocycles. The van der Waals surface area contributed by atoms with Crippen molar-refractivity contribution in [1.29, 1.82) is 0 Å². The Bertz CT molecular complexity index is 662. The summed E-state index contributed by atoms with van der Waals surface area (Å²) in [6.45, 7) is 1.79. The van der Waals surface area contributed by atoms with Crippen LogP contribution in [0.25, 0.3) is 0 Å². The molecule has 1 aromatic heterocycles. The van der Waals surface area contributed by atoms with Crippen molar-refractivity contribution in [2.24, 2.45) is 5.73 Å². The molecule has 102 valence electrons. The van der Waals surface area contributed by atoms with Gasteiger partial charge in [-0.2, -0.15) is 0 Å². The van der Waals surface area contributed by atoms with E-state index in [1.807, 2.05) is 6.07 Å². The third-order valence-electron chi connectivity index (χ3n) is 2.88. The van der Waals surface area contributed by atoms with Crippen LogP contribution in [0, 0.1) is 6.92 Å². The van der Waals surface area contributed by atoms with Gasteiger partial charge in [-0.3, -0.25) is 4.31 Å². The lowest BCUT2D eigenvalue weighted by Crippen LogP contribution is -2.26. The molecule has 6 heteroatoms. The Morgan fingerprint density at radius 1 is 1.26 bits per heavy atom. The minimum atomic E-state index is -3.63. The van der Waals surface area contributed by atoms with Crippen LogP contribution in [0.2, 0.25) is 0 Å². The maximum atomic E-state index is 12.5. The third kappa shape index (κ3) is 2.50. The molecule has 0 amide bonds. The van der Waals surface area contributed by atoms with Gasteiger partial charge in [0.15, 0.2) is 0 Å². The Hall–Kier alpha value is -1.79. The molecule has 0 aliphatic rings. The molecule has 0 saturated carbocycles. The van der Waals surface area contributed by atoms with Gasteiger partial charge in [-0.15, -0.1) is 0 Å². The van der Waals surface area contributed by atoms with Gasteiger partial charge >= 0.3 is 0 Å². The number of anilines is 1. The monoisotopic (exact) mass is 280 g/mol. The smallest absolute Gasteiger partial charge is 0.267 e. The first kappa shape index (κ1) is 13.6. The third-order valence-corrected chi connectivity index (χ3v) is 4.78. The predicted molar refractivity (Wildman–Crippen MR) is 73.4 cm³/mol. The van der Waals surface area contributed by atoms with E-state index < -0.39 is 10.0 Å². The van der Waals surface area contributed by atoms with Crippen LogP contribution in [0.15, 0.2) is 45.7 Å². The normalized spacial score (nSPS) is 11.5. The first-order valence-corrected chi connectivity index (χ1v) is 7.24. The summed E-state index contributed by atoms with van der Waals surface area (Å²) in [6.07, 6.45) is 0. The highest BCUT2D eigenvalue weighted by atomic mass is 32.2. The average Bonchev–Trinajstić information content (AvgIpc) is 2.81. The average molecular weight is 280 g/mol. The second-order valence-electron chi connectivity index (χ2n) is 4.15. The molecule has 0 fully saturated rings. The number of benzene rings is 1. The van der Waals surface area contributed by atoms with Gasteiger partial charge in [0.1, 0.15) is 16.4 Å². The summed E-state index contributed by atoms with van der Waals surface area (Å²) in [5, 5.41) is 0. The Balaban J connectivity index is 2.45. The van der Waals surface area contributed by atoms with Gasteiger partial charge in [0, 0.05) is 13.1 Å². The van der Waals surface area contributed by atoms with E-state index in [1.165, 1.54) is 17.4 Å². The summed E-state index contributed by atoms with van der Waals surface area (Å²) in [6, 6.07) is 10.3. The van der Waals surface area contributed by atoms with Gasteiger partial charge in [0.05, 0.1) is 12.2 Å². The summed E-state index contributed by atoms with van der Waals surface area (Å²) in [4.78, 5) is 0.152. The van der Waals surface area contributed by atoms with Crippen molar-refractivity contribution in [3.63, 3.8) is 0 Å². The summed E-state index contributed by atoms with van der Waals surface area (Å²) < 4.78 is 31.5. The zero-order valence-electron chi connectivity index (χ0n) is 10.8. The van der Waals surface area contributed by atoms with E-state index in [0.717, 1.165) is 0 Å². The Labute approximate surface area is 112 Å². The Kier molecular flexibility index (Phi) is 3.64. The first-order valence-electron chi connectivity index (χ1n) is 5.80. The van der Waals surface area contributed by atoms with E-state index in [4.69, 9.17) is 10.2 Å². The molecule has 0 saturated heterocycles. The van der Waals surface area contributed by atoms with E-state index >= 15 is 0 Å². The number of para-hydroxylation sites is 1. The maximum Gasteiger partial charge on any atom is 0.267 e. The molecule has 0 radical (unpaired) electrons.